The minimum Gasteiger partial charge on any atom is -0.469 e. The lowest BCUT2D eigenvalue weighted by Crippen LogP contribution is -2.58. The van der Waals surface area contributed by atoms with Crippen molar-refractivity contribution in [3.05, 3.63) is 69.7 Å². The number of benzene rings is 2. The third-order valence-corrected chi connectivity index (χ3v) is 9.62. The zero-order valence-corrected chi connectivity index (χ0v) is 24.6. The predicted octanol–water partition coefficient (Wildman–Crippen LogP) is 4.72. The molecule has 2 heterocycles. The van der Waals surface area contributed by atoms with Crippen LogP contribution in [0.15, 0.2) is 48.5 Å². The Bertz CT molecular complexity index is 1300. The van der Waals surface area contributed by atoms with Crippen LogP contribution < -0.4 is 4.72 Å². The number of sulfonamides is 1. The van der Waals surface area contributed by atoms with Crippen molar-refractivity contribution < 1.29 is 27.5 Å². The van der Waals surface area contributed by atoms with E-state index >= 15 is 0 Å². The van der Waals surface area contributed by atoms with Crippen LogP contribution in [0.1, 0.15) is 56.2 Å². The van der Waals surface area contributed by atoms with E-state index in [1.54, 1.807) is 30.0 Å². The van der Waals surface area contributed by atoms with E-state index in [2.05, 4.69) is 4.72 Å². The summed E-state index contributed by atoms with van der Waals surface area (Å²) in [6, 6.07) is 13.2. The van der Waals surface area contributed by atoms with Gasteiger partial charge in [0.2, 0.25) is 15.9 Å². The van der Waals surface area contributed by atoms with Gasteiger partial charge >= 0.3 is 5.97 Å². The quantitative estimate of drug-likeness (QED) is 0.398. The smallest absolute Gasteiger partial charge is 0.306 e. The van der Waals surface area contributed by atoms with Crippen LogP contribution >= 0.6 is 23.2 Å². The topological polar surface area (TPSA) is 102 Å². The standard InChI is InChI=1S/C28H34Cl2N2O6S/c1-4-23(17-39(35,36)31-22-15-38-16-22)32-26(18-8-10-20(29)11-9-18)24(19-6-5-7-21(30)12-19)13-28(2,27(32)34)14-25(33)37-3/h5-12,22-24,26,31H,4,13-17H2,1-3H3/t23?,24-,26-,28-/m1/s1. The van der Waals surface area contributed by atoms with Crippen molar-refractivity contribution in [3.63, 3.8) is 0 Å². The molecule has 2 aromatic carbocycles. The molecule has 2 aromatic rings. The predicted molar refractivity (Wildman–Crippen MR) is 150 cm³/mol. The first-order chi connectivity index (χ1) is 18.5. The highest BCUT2D eigenvalue weighted by Gasteiger charge is 2.53. The summed E-state index contributed by atoms with van der Waals surface area (Å²) in [5.41, 5.74) is 0.572. The molecule has 0 aliphatic carbocycles. The zero-order valence-electron chi connectivity index (χ0n) is 22.2. The molecular weight excluding hydrogens is 563 g/mol. The van der Waals surface area contributed by atoms with Gasteiger partial charge in [0, 0.05) is 22.0 Å². The molecule has 8 nitrogen and oxygen atoms in total. The molecule has 39 heavy (non-hydrogen) atoms. The van der Waals surface area contributed by atoms with Crippen molar-refractivity contribution in [2.45, 2.75) is 57.2 Å². The average Bonchev–Trinajstić information content (AvgIpc) is 2.87. The number of rotatable bonds is 10. The van der Waals surface area contributed by atoms with E-state index in [0.717, 1.165) is 11.1 Å². The molecule has 212 valence electrons. The number of hydrogen-bond donors (Lipinski definition) is 1. The number of carbonyl (C=O) groups is 2. The second-order valence-corrected chi connectivity index (χ2v) is 13.3. The largest absolute Gasteiger partial charge is 0.469 e. The Balaban J connectivity index is 1.85. The summed E-state index contributed by atoms with van der Waals surface area (Å²) in [4.78, 5) is 28.6. The SMILES string of the molecule is CCC(CS(=O)(=O)NC1COC1)N1C(=O)[C@@](C)(CC(=O)OC)C[C@H](c2cccc(Cl)c2)[C@H]1c1ccc(Cl)cc1. The molecule has 0 bridgehead atoms. The Labute approximate surface area is 240 Å². The third kappa shape index (κ3) is 6.77. The Morgan fingerprint density at radius 1 is 1.15 bits per heavy atom. The first-order valence-electron chi connectivity index (χ1n) is 12.9. The maximum atomic E-state index is 14.4. The van der Waals surface area contributed by atoms with Crippen LogP contribution in [0.25, 0.3) is 0 Å². The number of carbonyl (C=O) groups excluding carboxylic acids is 2. The van der Waals surface area contributed by atoms with E-state index in [0.29, 0.717) is 36.1 Å². The Morgan fingerprint density at radius 2 is 1.85 bits per heavy atom. The molecule has 2 aliphatic heterocycles. The van der Waals surface area contributed by atoms with Gasteiger partial charge in [-0.2, -0.15) is 0 Å². The van der Waals surface area contributed by atoms with Crippen molar-refractivity contribution in [2.24, 2.45) is 5.41 Å². The van der Waals surface area contributed by atoms with Gasteiger partial charge in [-0.15, -0.1) is 0 Å². The van der Waals surface area contributed by atoms with Crippen LogP contribution in [-0.2, 0) is 29.1 Å². The maximum Gasteiger partial charge on any atom is 0.306 e. The second kappa shape index (κ2) is 12.1. The number of likely N-dealkylation sites (tertiary alicyclic amines) is 1. The van der Waals surface area contributed by atoms with Gasteiger partial charge in [-0.25, -0.2) is 13.1 Å². The number of nitrogens with zero attached hydrogens (tertiary/aromatic N) is 1. The monoisotopic (exact) mass is 596 g/mol. The summed E-state index contributed by atoms with van der Waals surface area (Å²) in [5.74, 6) is -1.37. The Kier molecular flexibility index (Phi) is 9.28. The fourth-order valence-electron chi connectivity index (χ4n) is 5.59. The van der Waals surface area contributed by atoms with E-state index in [4.69, 9.17) is 32.7 Å². The molecule has 2 aliphatic rings. The molecule has 0 spiro atoms. The second-order valence-electron chi connectivity index (χ2n) is 10.6. The van der Waals surface area contributed by atoms with E-state index in [9.17, 15) is 18.0 Å². The van der Waals surface area contributed by atoms with Crippen molar-refractivity contribution in [1.82, 2.24) is 9.62 Å². The van der Waals surface area contributed by atoms with Gasteiger partial charge in [-0.05, 0) is 48.2 Å². The minimum absolute atomic E-state index is 0.135. The van der Waals surface area contributed by atoms with Crippen molar-refractivity contribution >= 4 is 45.1 Å². The van der Waals surface area contributed by atoms with E-state index in [-0.39, 0.29) is 30.0 Å². The average molecular weight is 598 g/mol. The van der Waals surface area contributed by atoms with Crippen LogP contribution in [0.3, 0.4) is 0 Å². The third-order valence-electron chi connectivity index (χ3n) is 7.61. The van der Waals surface area contributed by atoms with Crippen molar-refractivity contribution in [2.75, 3.05) is 26.1 Å². The number of nitrogens with one attached hydrogen (secondary N) is 1. The highest BCUT2D eigenvalue weighted by Crippen LogP contribution is 2.52. The Hall–Kier alpha value is -2.17. The fourth-order valence-corrected chi connectivity index (χ4v) is 7.56. The summed E-state index contributed by atoms with van der Waals surface area (Å²) in [5, 5.41) is 1.09. The molecule has 0 saturated carbocycles. The summed E-state index contributed by atoms with van der Waals surface area (Å²) >= 11 is 12.6. The summed E-state index contributed by atoms with van der Waals surface area (Å²) in [6.45, 7) is 4.25. The van der Waals surface area contributed by atoms with Gasteiger partial charge in [0.05, 0.1) is 50.0 Å². The lowest BCUT2D eigenvalue weighted by atomic mass is 9.67. The summed E-state index contributed by atoms with van der Waals surface area (Å²) in [7, 11) is -2.46. The molecule has 2 saturated heterocycles. The lowest BCUT2D eigenvalue weighted by Gasteiger charge is -2.52. The number of amides is 1. The number of methoxy groups -OCH3 is 1. The molecule has 0 aromatic heterocycles. The van der Waals surface area contributed by atoms with Crippen molar-refractivity contribution in [3.8, 4) is 0 Å². The van der Waals surface area contributed by atoms with Gasteiger partial charge in [0.25, 0.3) is 0 Å². The van der Waals surface area contributed by atoms with Gasteiger partial charge in [-0.3, -0.25) is 9.59 Å². The molecule has 1 amide bonds. The summed E-state index contributed by atoms with van der Waals surface area (Å²) < 4.78 is 39.2. The number of ether oxygens (including phenoxy) is 2. The number of piperidine rings is 1. The number of hydrogen-bond acceptors (Lipinski definition) is 6. The fraction of sp³-hybridized carbons (Fsp3) is 0.500. The van der Waals surface area contributed by atoms with Crippen LogP contribution in [0.4, 0.5) is 0 Å². The summed E-state index contributed by atoms with van der Waals surface area (Å²) in [6.07, 6.45) is 0.588. The molecular formula is C28H34Cl2N2O6S. The minimum atomic E-state index is -3.75. The molecule has 1 unspecified atom stereocenters. The van der Waals surface area contributed by atoms with Gasteiger partial charge in [-0.1, -0.05) is 61.3 Å². The molecule has 4 atom stereocenters. The normalized spacial score (nSPS) is 24.7. The van der Waals surface area contributed by atoms with Crippen molar-refractivity contribution in [1.29, 1.82) is 0 Å². The van der Waals surface area contributed by atoms with Gasteiger partial charge in [0.15, 0.2) is 0 Å². The maximum absolute atomic E-state index is 14.4. The van der Waals surface area contributed by atoms with E-state index in [1.165, 1.54) is 7.11 Å². The van der Waals surface area contributed by atoms with Crippen LogP contribution in [0, 0.1) is 5.41 Å². The number of esters is 1. The van der Waals surface area contributed by atoms with Crippen LogP contribution in [0.2, 0.25) is 10.0 Å². The molecule has 1 N–H and O–H groups in total. The molecule has 2 fully saturated rings. The highest BCUT2D eigenvalue weighted by molar-refractivity contribution is 7.89. The highest BCUT2D eigenvalue weighted by atomic mass is 35.5. The van der Waals surface area contributed by atoms with E-state index in [1.807, 2.05) is 37.3 Å². The first kappa shape index (κ1) is 29.8. The van der Waals surface area contributed by atoms with E-state index < -0.39 is 33.5 Å². The van der Waals surface area contributed by atoms with Crippen LogP contribution in [-0.4, -0.2) is 63.4 Å². The van der Waals surface area contributed by atoms with Crippen LogP contribution in [0.5, 0.6) is 0 Å². The first-order valence-corrected chi connectivity index (χ1v) is 15.4. The molecule has 0 radical (unpaired) electrons. The van der Waals surface area contributed by atoms with Gasteiger partial charge in [0.1, 0.15) is 0 Å². The Morgan fingerprint density at radius 3 is 2.41 bits per heavy atom. The molecule has 11 heteroatoms. The zero-order chi connectivity index (χ0) is 28.4. The molecule has 4 rings (SSSR count). The lowest BCUT2D eigenvalue weighted by molar-refractivity contribution is -0.161. The van der Waals surface area contributed by atoms with Gasteiger partial charge < -0.3 is 14.4 Å². The number of halogens is 2.